The van der Waals surface area contributed by atoms with E-state index in [1.807, 2.05) is 19.1 Å². The highest BCUT2D eigenvalue weighted by Crippen LogP contribution is 2.10. The smallest absolute Gasteiger partial charge is 0.413 e. The van der Waals surface area contributed by atoms with Gasteiger partial charge in [0.1, 0.15) is 38.5 Å². The van der Waals surface area contributed by atoms with Gasteiger partial charge in [-0.05, 0) is 31.2 Å². The molecule has 1 aliphatic rings. The second kappa shape index (κ2) is 8.65. The van der Waals surface area contributed by atoms with Gasteiger partial charge in [0.2, 0.25) is 0 Å². The molecule has 1 aromatic rings. The molecule has 132 valence electrons. The third kappa shape index (κ3) is 4.94. The number of benzene rings is 1. The van der Waals surface area contributed by atoms with Crippen molar-refractivity contribution in [1.82, 2.24) is 5.32 Å². The second-order valence-corrected chi connectivity index (χ2v) is 6.14. The molecule has 0 unspecified atom stereocenters. The summed E-state index contributed by atoms with van der Waals surface area (Å²) in [6.45, 7) is 6.62. The van der Waals surface area contributed by atoms with Crippen molar-refractivity contribution in [1.29, 1.82) is 0 Å². The summed E-state index contributed by atoms with van der Waals surface area (Å²) in [6.07, 6.45) is -0.699. The maximum atomic E-state index is 12.0. The maximum absolute atomic E-state index is 12.0. The number of carbonyl (C=O) groups excluding carboxylic acids is 2. The Morgan fingerprint density at radius 3 is 2.29 bits per heavy atom. The Hall–Kier alpha value is -2.12. The van der Waals surface area contributed by atoms with E-state index in [-0.39, 0.29) is 11.9 Å². The summed E-state index contributed by atoms with van der Waals surface area (Å²) in [5, 5.41) is 2.25. The van der Waals surface area contributed by atoms with Crippen LogP contribution in [0, 0.1) is 0 Å². The lowest BCUT2D eigenvalue weighted by molar-refractivity contribution is -1.02. The Bertz CT molecular complexity index is 553. The van der Waals surface area contributed by atoms with Gasteiger partial charge in [0.05, 0.1) is 14.2 Å². The van der Waals surface area contributed by atoms with Crippen molar-refractivity contribution in [3.8, 4) is 5.75 Å². The van der Waals surface area contributed by atoms with Gasteiger partial charge in [-0.3, -0.25) is 10.1 Å². The molecule has 7 heteroatoms. The van der Waals surface area contributed by atoms with E-state index in [0.717, 1.165) is 38.5 Å². The predicted octanol–water partition coefficient (Wildman–Crippen LogP) is -1.75. The van der Waals surface area contributed by atoms with Crippen molar-refractivity contribution in [3.05, 3.63) is 29.8 Å². The summed E-state index contributed by atoms with van der Waals surface area (Å²) in [5.74, 6) is 0.587. The fourth-order valence-electron chi connectivity index (χ4n) is 3.01. The number of amides is 2. The number of nitrogens with one attached hydrogen (secondary N) is 3. The average molecular weight is 337 g/mol. The van der Waals surface area contributed by atoms with Crippen LogP contribution in [0.5, 0.6) is 5.75 Å². The number of hydrogen-bond donors (Lipinski definition) is 3. The molecule has 1 aromatic carbocycles. The van der Waals surface area contributed by atoms with Gasteiger partial charge in [-0.15, -0.1) is 0 Å². The zero-order chi connectivity index (χ0) is 17.5. The molecular formula is C17H27N3O4+2. The maximum Gasteiger partial charge on any atom is 0.413 e. The number of hydrogen-bond acceptors (Lipinski definition) is 4. The summed E-state index contributed by atoms with van der Waals surface area (Å²) in [5.41, 5.74) is 1.28. The molecule has 24 heavy (non-hydrogen) atoms. The number of methoxy groups -OCH3 is 2. The Kier molecular flexibility index (Phi) is 6.57. The fraction of sp³-hybridized carbons (Fsp3) is 0.529. The van der Waals surface area contributed by atoms with E-state index in [1.165, 1.54) is 22.5 Å². The molecule has 1 aliphatic heterocycles. The molecule has 0 aliphatic carbocycles. The molecule has 0 aromatic heterocycles. The van der Waals surface area contributed by atoms with E-state index in [4.69, 9.17) is 4.74 Å². The van der Waals surface area contributed by atoms with E-state index < -0.39 is 6.09 Å². The van der Waals surface area contributed by atoms with E-state index in [1.54, 1.807) is 7.11 Å². The van der Waals surface area contributed by atoms with Crippen LogP contribution in [-0.2, 0) is 16.1 Å². The molecule has 0 bridgehead atoms. The first kappa shape index (κ1) is 18.2. The van der Waals surface area contributed by atoms with Crippen molar-refractivity contribution in [2.75, 3.05) is 40.4 Å². The van der Waals surface area contributed by atoms with Crippen molar-refractivity contribution < 1.29 is 28.9 Å². The third-order valence-corrected chi connectivity index (χ3v) is 4.63. The normalized spacial score (nSPS) is 21.6. The van der Waals surface area contributed by atoms with E-state index in [0.29, 0.717) is 0 Å². The molecule has 1 heterocycles. The fourth-order valence-corrected chi connectivity index (χ4v) is 3.01. The lowest BCUT2D eigenvalue weighted by atomic mass is 10.1. The van der Waals surface area contributed by atoms with Crippen molar-refractivity contribution in [3.63, 3.8) is 0 Å². The Balaban J connectivity index is 1.79. The van der Waals surface area contributed by atoms with Gasteiger partial charge in [0.25, 0.3) is 5.91 Å². The van der Waals surface area contributed by atoms with Crippen LogP contribution in [-0.4, -0.2) is 58.4 Å². The number of carbonyl (C=O) groups is 2. The van der Waals surface area contributed by atoms with Crippen LogP contribution in [0.2, 0.25) is 0 Å². The lowest BCUT2D eigenvalue weighted by Gasteiger charge is -2.32. The van der Waals surface area contributed by atoms with Crippen LogP contribution in [0.4, 0.5) is 4.79 Å². The SMILES string of the molecule is COC(=O)NC(=O)[C@H](C)[NH+]1CC[NH+](Cc2ccc(OC)cc2)CC1. The molecule has 1 saturated heterocycles. The topological polar surface area (TPSA) is 73.5 Å². The number of quaternary nitrogens is 2. The molecule has 3 N–H and O–H groups in total. The summed E-state index contributed by atoms with van der Waals surface area (Å²) < 4.78 is 9.64. The average Bonchev–Trinajstić information content (AvgIpc) is 2.62. The van der Waals surface area contributed by atoms with E-state index >= 15 is 0 Å². The Labute approximate surface area is 142 Å². The molecule has 0 radical (unpaired) electrons. The summed E-state index contributed by atoms with van der Waals surface area (Å²) >= 11 is 0. The third-order valence-electron chi connectivity index (χ3n) is 4.63. The van der Waals surface area contributed by atoms with Crippen LogP contribution in [0.3, 0.4) is 0 Å². The van der Waals surface area contributed by atoms with Gasteiger partial charge in [-0.25, -0.2) is 4.79 Å². The highest BCUT2D eigenvalue weighted by Gasteiger charge is 2.31. The Morgan fingerprint density at radius 1 is 1.12 bits per heavy atom. The highest BCUT2D eigenvalue weighted by molar-refractivity contribution is 5.93. The number of ether oxygens (including phenoxy) is 2. The predicted molar refractivity (Wildman–Crippen MR) is 88.1 cm³/mol. The standard InChI is InChI=1S/C17H25N3O4/c1-13(16(21)18-17(22)24-3)20-10-8-19(9-11-20)12-14-4-6-15(23-2)7-5-14/h4-7,13H,8-12H2,1-3H3,(H,18,21,22)/p+2/t13-/m0/s1. The Morgan fingerprint density at radius 2 is 1.75 bits per heavy atom. The van der Waals surface area contributed by atoms with Crippen LogP contribution < -0.4 is 19.9 Å². The summed E-state index contributed by atoms with van der Waals surface area (Å²) in [4.78, 5) is 25.8. The van der Waals surface area contributed by atoms with Gasteiger partial charge in [0.15, 0.2) is 6.04 Å². The van der Waals surface area contributed by atoms with Gasteiger partial charge < -0.3 is 19.3 Å². The van der Waals surface area contributed by atoms with Gasteiger partial charge in [-0.1, -0.05) is 0 Å². The number of imide groups is 1. The molecule has 7 nitrogen and oxygen atoms in total. The highest BCUT2D eigenvalue weighted by atomic mass is 16.5. The zero-order valence-corrected chi connectivity index (χ0v) is 14.6. The zero-order valence-electron chi connectivity index (χ0n) is 14.6. The molecular weight excluding hydrogens is 310 g/mol. The number of alkyl carbamates (subject to hydrolysis) is 1. The molecule has 1 fully saturated rings. The largest absolute Gasteiger partial charge is 0.497 e. The van der Waals surface area contributed by atoms with Gasteiger partial charge >= 0.3 is 6.09 Å². The van der Waals surface area contributed by atoms with Crippen LogP contribution in [0.15, 0.2) is 24.3 Å². The van der Waals surface area contributed by atoms with E-state index in [9.17, 15) is 9.59 Å². The van der Waals surface area contributed by atoms with Crippen LogP contribution >= 0.6 is 0 Å². The first-order valence-corrected chi connectivity index (χ1v) is 8.23. The first-order valence-electron chi connectivity index (χ1n) is 8.23. The minimum atomic E-state index is -0.699. The molecule has 1 atom stereocenters. The molecule has 0 saturated carbocycles. The van der Waals surface area contributed by atoms with Crippen molar-refractivity contribution in [2.45, 2.75) is 19.5 Å². The quantitative estimate of drug-likeness (QED) is 0.596. The molecule has 2 amide bonds. The van der Waals surface area contributed by atoms with Crippen molar-refractivity contribution in [2.24, 2.45) is 0 Å². The molecule has 0 spiro atoms. The van der Waals surface area contributed by atoms with Crippen LogP contribution in [0.1, 0.15) is 12.5 Å². The monoisotopic (exact) mass is 337 g/mol. The summed E-state index contributed by atoms with van der Waals surface area (Å²) in [6, 6.07) is 7.90. The number of piperazine rings is 1. The van der Waals surface area contributed by atoms with Gasteiger partial charge in [-0.2, -0.15) is 0 Å². The number of rotatable bonds is 5. The minimum Gasteiger partial charge on any atom is -0.497 e. The minimum absolute atomic E-state index is 0.258. The van der Waals surface area contributed by atoms with Gasteiger partial charge in [0, 0.05) is 5.56 Å². The first-order chi connectivity index (χ1) is 11.5. The van der Waals surface area contributed by atoms with Crippen LogP contribution in [0.25, 0.3) is 0 Å². The van der Waals surface area contributed by atoms with Crippen molar-refractivity contribution >= 4 is 12.0 Å². The lowest BCUT2D eigenvalue weighted by Crippen LogP contribution is -3.29. The van der Waals surface area contributed by atoms with E-state index in [2.05, 4.69) is 22.2 Å². The summed E-state index contributed by atoms with van der Waals surface area (Å²) in [7, 11) is 2.92. The second-order valence-electron chi connectivity index (χ2n) is 6.14. The molecule has 2 rings (SSSR count).